The van der Waals surface area contributed by atoms with Gasteiger partial charge in [-0.3, -0.25) is 0 Å². The normalized spacial score (nSPS) is 21.7. The topological polar surface area (TPSA) is 54.7 Å². The fourth-order valence-electron chi connectivity index (χ4n) is 3.69. The van der Waals surface area contributed by atoms with E-state index in [1.807, 2.05) is 29.0 Å². The van der Waals surface area contributed by atoms with E-state index in [1.165, 1.54) is 0 Å². The van der Waals surface area contributed by atoms with E-state index in [0.717, 1.165) is 34.6 Å². The Morgan fingerprint density at radius 2 is 1.97 bits per heavy atom. The first-order chi connectivity index (χ1) is 14.1. The summed E-state index contributed by atoms with van der Waals surface area (Å²) < 4.78 is 25.4. The van der Waals surface area contributed by atoms with Gasteiger partial charge in [-0.1, -0.05) is 24.3 Å². The molecule has 2 atom stereocenters. The summed E-state index contributed by atoms with van der Waals surface area (Å²) in [6.07, 6.45) is 6.47. The lowest BCUT2D eigenvalue weighted by Gasteiger charge is -2.40. The van der Waals surface area contributed by atoms with Crippen LogP contribution in [-0.2, 0) is 21.8 Å². The number of rotatable bonds is 6. The van der Waals surface area contributed by atoms with E-state index < -0.39 is 5.79 Å². The van der Waals surface area contributed by atoms with Gasteiger partial charge in [0.2, 0.25) is 5.79 Å². The van der Waals surface area contributed by atoms with Gasteiger partial charge in [0.1, 0.15) is 11.5 Å². The second kappa shape index (κ2) is 8.27. The lowest BCUT2D eigenvalue weighted by Crippen LogP contribution is -2.44. The van der Waals surface area contributed by atoms with Crippen molar-refractivity contribution < 1.29 is 18.9 Å². The van der Waals surface area contributed by atoms with Gasteiger partial charge in [0.25, 0.3) is 0 Å². The molecule has 0 aliphatic carbocycles. The van der Waals surface area contributed by atoms with E-state index in [2.05, 4.69) is 36.2 Å². The zero-order chi connectivity index (χ0) is 20.3. The highest BCUT2D eigenvalue weighted by atomic mass is 16.7. The predicted molar refractivity (Wildman–Crippen MR) is 110 cm³/mol. The molecular formula is C23H26N2O4. The first-order valence-electron chi connectivity index (χ1n) is 9.74. The van der Waals surface area contributed by atoms with Crippen LogP contribution in [0.1, 0.15) is 18.9 Å². The van der Waals surface area contributed by atoms with Crippen molar-refractivity contribution in [3.05, 3.63) is 66.7 Å². The molecule has 1 aliphatic rings. The minimum atomic E-state index is -0.832. The molecule has 2 aromatic carbocycles. The smallest absolute Gasteiger partial charge is 0.213 e. The highest BCUT2D eigenvalue weighted by Crippen LogP contribution is 2.38. The van der Waals surface area contributed by atoms with E-state index in [9.17, 15) is 0 Å². The Kier molecular flexibility index (Phi) is 5.56. The quantitative estimate of drug-likeness (QED) is 0.626. The summed E-state index contributed by atoms with van der Waals surface area (Å²) in [6, 6.07) is 14.1. The molecule has 1 fully saturated rings. The Morgan fingerprint density at radius 1 is 1.14 bits per heavy atom. The fraction of sp³-hybridized carbons (Fsp3) is 0.348. The molecule has 0 amide bonds. The maximum absolute atomic E-state index is 6.34. The van der Waals surface area contributed by atoms with Crippen LogP contribution in [0.5, 0.6) is 11.5 Å². The van der Waals surface area contributed by atoms with Gasteiger partial charge in [0.05, 0.1) is 39.8 Å². The third kappa shape index (κ3) is 3.99. The van der Waals surface area contributed by atoms with E-state index in [0.29, 0.717) is 13.2 Å². The maximum Gasteiger partial charge on any atom is 0.213 e. The Labute approximate surface area is 171 Å². The van der Waals surface area contributed by atoms with Crippen LogP contribution in [0.25, 0.3) is 11.1 Å². The van der Waals surface area contributed by atoms with Gasteiger partial charge in [0.15, 0.2) is 0 Å². The van der Waals surface area contributed by atoms with Crippen molar-refractivity contribution in [2.45, 2.75) is 31.8 Å². The summed E-state index contributed by atoms with van der Waals surface area (Å²) in [4.78, 5) is 4.15. The largest absolute Gasteiger partial charge is 0.497 e. The van der Waals surface area contributed by atoms with Crippen LogP contribution < -0.4 is 9.47 Å². The Bertz CT molecular complexity index is 940. The van der Waals surface area contributed by atoms with Gasteiger partial charge < -0.3 is 23.5 Å². The molecule has 0 spiro atoms. The lowest BCUT2D eigenvalue weighted by atomic mass is 9.98. The molecule has 2 heterocycles. The predicted octanol–water partition coefficient (Wildman–Crippen LogP) is 4.25. The minimum absolute atomic E-state index is 0.119. The van der Waals surface area contributed by atoms with Crippen molar-refractivity contribution in [1.82, 2.24) is 9.55 Å². The molecule has 6 nitrogen and oxygen atoms in total. The summed E-state index contributed by atoms with van der Waals surface area (Å²) in [7, 11) is 3.31. The Balaban J connectivity index is 1.67. The molecule has 1 aliphatic heterocycles. The molecule has 0 bridgehead atoms. The molecule has 152 valence electrons. The van der Waals surface area contributed by atoms with E-state index >= 15 is 0 Å². The maximum atomic E-state index is 6.34. The number of methoxy groups -OCH3 is 2. The Hall–Kier alpha value is -2.83. The van der Waals surface area contributed by atoms with Crippen molar-refractivity contribution in [3.8, 4) is 22.6 Å². The molecule has 1 aromatic heterocycles. The van der Waals surface area contributed by atoms with Crippen molar-refractivity contribution in [1.29, 1.82) is 0 Å². The number of hydrogen-bond acceptors (Lipinski definition) is 5. The third-order valence-corrected chi connectivity index (χ3v) is 5.25. The lowest BCUT2D eigenvalue weighted by molar-refractivity contribution is -0.306. The summed E-state index contributed by atoms with van der Waals surface area (Å²) in [5.41, 5.74) is 3.03. The van der Waals surface area contributed by atoms with E-state index in [-0.39, 0.29) is 6.10 Å². The summed E-state index contributed by atoms with van der Waals surface area (Å²) in [5, 5.41) is 0. The molecule has 2 unspecified atom stereocenters. The average Bonchev–Trinajstić information content (AvgIpc) is 3.26. The van der Waals surface area contributed by atoms with Gasteiger partial charge in [-0.2, -0.15) is 0 Å². The molecule has 0 N–H and O–H groups in total. The molecule has 6 heteroatoms. The number of ether oxygens (including phenoxy) is 4. The van der Waals surface area contributed by atoms with Gasteiger partial charge >= 0.3 is 0 Å². The van der Waals surface area contributed by atoms with Gasteiger partial charge in [-0.25, -0.2) is 4.98 Å². The summed E-state index contributed by atoms with van der Waals surface area (Å²) >= 11 is 0. The number of imidazole rings is 1. The SMILES string of the molecule is COc1ccc(-c2ccc(C3(Cn4ccnc4)OCCC(C)O3)cc2)c(OC)c1. The van der Waals surface area contributed by atoms with Crippen molar-refractivity contribution in [2.75, 3.05) is 20.8 Å². The zero-order valence-corrected chi connectivity index (χ0v) is 17.0. The average molecular weight is 394 g/mol. The van der Waals surface area contributed by atoms with Gasteiger partial charge in [-0.15, -0.1) is 0 Å². The molecule has 0 radical (unpaired) electrons. The van der Waals surface area contributed by atoms with Crippen LogP contribution in [0.3, 0.4) is 0 Å². The molecule has 3 aromatic rings. The third-order valence-electron chi connectivity index (χ3n) is 5.25. The number of nitrogens with zero attached hydrogens (tertiary/aromatic N) is 2. The molecule has 29 heavy (non-hydrogen) atoms. The first kappa shape index (κ1) is 19.5. The van der Waals surface area contributed by atoms with Gasteiger partial charge in [-0.05, 0) is 31.0 Å². The van der Waals surface area contributed by atoms with Crippen molar-refractivity contribution >= 4 is 0 Å². The molecule has 1 saturated heterocycles. The second-order valence-electron chi connectivity index (χ2n) is 7.20. The summed E-state index contributed by atoms with van der Waals surface area (Å²) in [5.74, 6) is 0.699. The fourth-order valence-corrected chi connectivity index (χ4v) is 3.69. The summed E-state index contributed by atoms with van der Waals surface area (Å²) in [6.45, 7) is 3.29. The monoisotopic (exact) mass is 394 g/mol. The second-order valence-corrected chi connectivity index (χ2v) is 7.20. The van der Waals surface area contributed by atoms with Crippen LogP contribution in [0.2, 0.25) is 0 Å². The van der Waals surface area contributed by atoms with Crippen LogP contribution in [-0.4, -0.2) is 36.5 Å². The van der Waals surface area contributed by atoms with Crippen LogP contribution in [0, 0.1) is 0 Å². The van der Waals surface area contributed by atoms with Crippen molar-refractivity contribution in [2.24, 2.45) is 0 Å². The minimum Gasteiger partial charge on any atom is -0.497 e. The number of aromatic nitrogens is 2. The standard InChI is InChI=1S/C23H26N2O4/c1-17-10-13-28-23(29-17,15-25-12-11-24-16-25)19-6-4-18(5-7-19)21-9-8-20(26-2)14-22(21)27-3/h4-9,11-12,14,16-17H,10,13,15H2,1-3H3. The van der Waals surface area contributed by atoms with E-state index in [4.69, 9.17) is 18.9 Å². The Morgan fingerprint density at radius 3 is 2.62 bits per heavy atom. The zero-order valence-electron chi connectivity index (χ0n) is 17.0. The van der Waals surface area contributed by atoms with Crippen LogP contribution in [0.15, 0.2) is 61.2 Å². The number of benzene rings is 2. The highest BCUT2D eigenvalue weighted by Gasteiger charge is 2.39. The van der Waals surface area contributed by atoms with Crippen molar-refractivity contribution in [3.63, 3.8) is 0 Å². The molecule has 4 rings (SSSR count). The first-order valence-corrected chi connectivity index (χ1v) is 9.74. The number of hydrogen-bond donors (Lipinski definition) is 0. The van der Waals surface area contributed by atoms with Gasteiger partial charge in [0, 0.05) is 29.6 Å². The highest BCUT2D eigenvalue weighted by molar-refractivity contribution is 5.71. The van der Waals surface area contributed by atoms with E-state index in [1.54, 1.807) is 26.7 Å². The molecule has 0 saturated carbocycles. The van der Waals surface area contributed by atoms with Crippen LogP contribution in [0.4, 0.5) is 0 Å². The van der Waals surface area contributed by atoms with Crippen LogP contribution >= 0.6 is 0 Å². The molecular weight excluding hydrogens is 368 g/mol.